The first-order valence-electron chi connectivity index (χ1n) is 27.8. The minimum Gasteiger partial charge on any atom is -0.444 e. The van der Waals surface area contributed by atoms with E-state index in [9.17, 15) is 41.4 Å². The zero-order chi connectivity index (χ0) is 58.9. The highest BCUT2D eigenvalue weighted by molar-refractivity contribution is 7.89. The molecule has 0 radical (unpaired) electrons. The number of amides is 2. The van der Waals surface area contributed by atoms with Gasteiger partial charge < -0.3 is 58.5 Å². The lowest BCUT2D eigenvalue weighted by Gasteiger charge is -2.30. The number of benzene rings is 2. The summed E-state index contributed by atoms with van der Waals surface area (Å²) in [6, 6.07) is 11.7. The molecular formula is C53H83N5O19P2S2. The number of ether oxygens (including phenoxy) is 7. The monoisotopic (exact) mass is 1220 g/mol. The molecule has 3 unspecified atom stereocenters. The highest BCUT2D eigenvalue weighted by Crippen LogP contribution is 2.35. The molecule has 0 spiro atoms. The fraction of sp³-hybridized carbons (Fsp3) is 0.717. The summed E-state index contributed by atoms with van der Waals surface area (Å²) in [5.41, 5.74) is 0.925. The number of nitrogens with zero attached hydrogens (tertiary/aromatic N) is 3. The van der Waals surface area contributed by atoms with Gasteiger partial charge in [-0.05, 0) is 131 Å². The molecule has 2 aliphatic carbocycles. The molecular weight excluding hydrogens is 1140 g/mol. The van der Waals surface area contributed by atoms with Crippen LogP contribution in [0.2, 0.25) is 0 Å². The molecule has 2 aromatic carbocycles. The van der Waals surface area contributed by atoms with E-state index in [4.69, 9.17) is 42.8 Å². The first kappa shape index (κ1) is 66.4. The molecule has 0 bridgehead atoms. The summed E-state index contributed by atoms with van der Waals surface area (Å²) in [6.07, 6.45) is 3.17. The number of hydrogen-bond donors (Lipinski definition) is 4. The van der Waals surface area contributed by atoms with Crippen LogP contribution in [0, 0.1) is 25.7 Å². The topological polar surface area (TPSA) is 295 Å². The average molecular weight is 1220 g/mol. The van der Waals surface area contributed by atoms with Crippen molar-refractivity contribution in [1.29, 1.82) is 0 Å². The molecule has 81 heavy (non-hydrogen) atoms. The molecule has 4 N–H and O–H groups in total. The summed E-state index contributed by atoms with van der Waals surface area (Å²) < 4.78 is 101. The number of fused-ring (bicyclic) bond motifs is 2. The summed E-state index contributed by atoms with van der Waals surface area (Å²) in [5, 5.41) is 27.1. The Labute approximate surface area is 480 Å². The van der Waals surface area contributed by atoms with Crippen molar-refractivity contribution in [3.8, 4) is 0 Å². The van der Waals surface area contributed by atoms with Gasteiger partial charge >= 0.3 is 18.3 Å². The quantitative estimate of drug-likeness (QED) is 0.0402. The van der Waals surface area contributed by atoms with Gasteiger partial charge in [0.15, 0.2) is 12.6 Å². The Hall–Kier alpha value is -3.72. The Morgan fingerprint density at radius 3 is 1.53 bits per heavy atom. The number of hydrogen-bond acceptors (Lipinski definition) is 20. The minimum absolute atomic E-state index is 0.000486. The predicted molar refractivity (Wildman–Crippen MR) is 298 cm³/mol. The molecule has 6 fully saturated rings. The van der Waals surface area contributed by atoms with Gasteiger partial charge in [-0.15, -0.1) is 0 Å². The number of sulfonamides is 2. The smallest absolute Gasteiger partial charge is 0.444 e. The highest BCUT2D eigenvalue weighted by Gasteiger charge is 2.46. The van der Waals surface area contributed by atoms with Crippen LogP contribution in [0.5, 0.6) is 0 Å². The maximum absolute atomic E-state index is 13.4. The summed E-state index contributed by atoms with van der Waals surface area (Å²) in [4.78, 5) is 47.8. The van der Waals surface area contributed by atoms with Crippen LogP contribution >= 0.6 is 18.0 Å². The molecule has 4 aliphatic heterocycles. The SMILES string of the molecule is CCC(NC(=O)OC(C)(C)C)[C@H](O)CN(OC1CCCC1)S(=O)(=O)c1cccc(C)c1.CCC(NC(=O)O[C@H]1CO[C@H]2OCC[C@H]21)[C@H](O)CN(OC1CCCC1)S(=O)(=O)c1cccc(C)c1.O=C(OP=NP)O[C@H]1CO[C@H]2OCC[C@H]21. The molecule has 2 saturated carbocycles. The van der Waals surface area contributed by atoms with Gasteiger partial charge in [0, 0.05) is 0 Å². The van der Waals surface area contributed by atoms with Crippen LogP contribution in [0.15, 0.2) is 62.8 Å². The van der Waals surface area contributed by atoms with Crippen molar-refractivity contribution in [2.45, 2.75) is 202 Å². The first-order valence-corrected chi connectivity index (χ1v) is 32.0. The second kappa shape index (κ2) is 31.4. The van der Waals surface area contributed by atoms with Crippen molar-refractivity contribution in [2.24, 2.45) is 16.4 Å². The molecule has 28 heteroatoms. The third-order valence-corrected chi connectivity index (χ3v) is 18.2. The normalized spacial score (nSPS) is 24.5. The van der Waals surface area contributed by atoms with E-state index < -0.39 is 74.4 Å². The van der Waals surface area contributed by atoms with Crippen LogP contribution in [-0.4, -0.2) is 161 Å². The van der Waals surface area contributed by atoms with Crippen LogP contribution in [-0.2, 0) is 67.4 Å². The van der Waals surface area contributed by atoms with Crippen molar-refractivity contribution >= 4 is 56.4 Å². The van der Waals surface area contributed by atoms with Gasteiger partial charge in [-0.3, -0.25) is 9.68 Å². The third-order valence-electron chi connectivity index (χ3n) is 14.4. The van der Waals surface area contributed by atoms with Crippen molar-refractivity contribution in [1.82, 2.24) is 19.6 Å². The fourth-order valence-corrected chi connectivity index (χ4v) is 13.2. The Morgan fingerprint density at radius 1 is 0.691 bits per heavy atom. The van der Waals surface area contributed by atoms with Crippen LogP contribution in [0.1, 0.15) is 123 Å². The lowest BCUT2D eigenvalue weighted by molar-refractivity contribution is -0.145. The Morgan fingerprint density at radius 2 is 1.12 bits per heavy atom. The van der Waals surface area contributed by atoms with Crippen molar-refractivity contribution < 1.29 is 88.8 Å². The second-order valence-electron chi connectivity index (χ2n) is 21.8. The van der Waals surface area contributed by atoms with Gasteiger partial charge in [-0.2, -0.15) is 0 Å². The van der Waals surface area contributed by atoms with Gasteiger partial charge in [-0.1, -0.05) is 72.7 Å². The zero-order valence-corrected chi connectivity index (χ0v) is 51.0. The highest BCUT2D eigenvalue weighted by atomic mass is 32.2. The van der Waals surface area contributed by atoms with Crippen LogP contribution in [0.25, 0.3) is 0 Å². The standard InChI is InChI=1S/C24H36N2O8S.C22H36N2O6S.C7H11NO5P2/c1-3-20(25-24(28)33-22-15-32-23-19(22)11-12-31-23)21(27)14-26(34-17-8-4-5-9-17)35(29,30)18-10-6-7-16(2)13-18;1-6-19(23-21(26)29-22(3,4)5)20(25)15-24(30-17-11-7-8-12-17)31(27,28)18-13-9-10-16(2)14-18;9-7(13-15-8-14)12-5-3-11-6-4(5)1-2-10-6/h6-7,10,13,17,19-23,27H,3-5,8-9,11-12,14-15H2,1-2H3,(H,25,28);9-10,13-14,17,19-20,25H,6-8,11-12,15H2,1-5H3,(H,23,26);4-6H,1-3,14H2/t19-,20?,21+,22-,23+;19?,20-;4-,5-,6+/m010/s1. The Kier molecular flexibility index (Phi) is 25.8. The molecule has 2 aromatic rings. The molecule has 2 amide bonds. The van der Waals surface area contributed by atoms with Crippen LogP contribution in [0.4, 0.5) is 14.4 Å². The first-order chi connectivity index (χ1) is 38.5. The number of aliphatic hydroxyl groups excluding tert-OH is 2. The number of nitrogens with one attached hydrogen (secondary N) is 2. The zero-order valence-electron chi connectivity index (χ0n) is 47.3. The lowest BCUT2D eigenvalue weighted by atomic mass is 10.0. The molecule has 4 heterocycles. The van der Waals surface area contributed by atoms with E-state index in [2.05, 4.69) is 29.1 Å². The van der Waals surface area contributed by atoms with Crippen LogP contribution < -0.4 is 10.6 Å². The maximum Gasteiger partial charge on any atom is 0.518 e. The molecule has 6 aliphatic rings. The van der Waals surface area contributed by atoms with E-state index in [0.29, 0.717) is 32.7 Å². The van der Waals surface area contributed by atoms with Gasteiger partial charge in [-0.25, -0.2) is 35.7 Å². The average Bonchev–Trinajstić information content (AvgIpc) is 4.44. The van der Waals surface area contributed by atoms with Gasteiger partial charge in [0.1, 0.15) is 17.8 Å². The lowest BCUT2D eigenvalue weighted by Crippen LogP contribution is -2.50. The van der Waals surface area contributed by atoms with E-state index in [-0.39, 0.29) is 80.8 Å². The maximum atomic E-state index is 13.4. The number of aryl methyl sites for hydroxylation is 2. The molecule has 8 rings (SSSR count). The third kappa shape index (κ3) is 19.9. The molecule has 24 nitrogen and oxygen atoms in total. The molecule has 11 atom stereocenters. The van der Waals surface area contributed by atoms with Crippen LogP contribution in [0.3, 0.4) is 0 Å². The van der Waals surface area contributed by atoms with Crippen molar-refractivity contribution in [3.63, 3.8) is 0 Å². The summed E-state index contributed by atoms with van der Waals surface area (Å²) in [6.45, 7) is 13.7. The Balaban J connectivity index is 0.000000210. The summed E-state index contributed by atoms with van der Waals surface area (Å²) in [7, 11) is -5.72. The van der Waals surface area contributed by atoms with Gasteiger partial charge in [0.2, 0.25) is 0 Å². The fourth-order valence-electron chi connectivity index (χ4n) is 10.1. The number of carbonyl (C=O) groups is 3. The summed E-state index contributed by atoms with van der Waals surface area (Å²) >= 11 is 0. The molecule has 4 saturated heterocycles. The second-order valence-corrected chi connectivity index (χ2v) is 26.7. The number of alkyl carbamates (subject to hydrolysis) is 2. The molecule has 456 valence electrons. The largest absolute Gasteiger partial charge is 0.518 e. The van der Waals surface area contributed by atoms with Gasteiger partial charge in [0.05, 0.1) is 97.6 Å². The number of carbonyl (C=O) groups excluding carboxylic acids is 3. The van der Waals surface area contributed by atoms with E-state index >= 15 is 0 Å². The van der Waals surface area contributed by atoms with E-state index in [1.54, 1.807) is 58.9 Å². The number of rotatable bonds is 21. The minimum atomic E-state index is -4.03. The van der Waals surface area contributed by atoms with Crippen molar-refractivity contribution in [2.75, 3.05) is 39.5 Å². The van der Waals surface area contributed by atoms with Crippen molar-refractivity contribution in [3.05, 3.63) is 59.7 Å². The summed E-state index contributed by atoms with van der Waals surface area (Å²) in [5.74, 6) is 0.141. The van der Waals surface area contributed by atoms with E-state index in [1.807, 2.05) is 26.0 Å². The number of aliphatic hydroxyl groups is 2. The van der Waals surface area contributed by atoms with E-state index in [1.165, 1.54) is 12.1 Å². The van der Waals surface area contributed by atoms with Gasteiger partial charge in [0.25, 0.3) is 28.6 Å². The Bertz CT molecular complexity index is 2590. The molecule has 0 aromatic heterocycles. The van der Waals surface area contributed by atoms with E-state index in [0.717, 1.165) is 84.3 Å². The predicted octanol–water partition coefficient (Wildman–Crippen LogP) is 7.75. The number of hydroxylamine groups is 2.